The average Bonchev–Trinajstić information content (AvgIpc) is 3.27. The van der Waals surface area contributed by atoms with Crippen LogP contribution in [0.25, 0.3) is 0 Å². The van der Waals surface area contributed by atoms with Crippen LogP contribution >= 0.6 is 0 Å². The van der Waals surface area contributed by atoms with E-state index in [0.29, 0.717) is 25.9 Å². The van der Waals surface area contributed by atoms with Crippen LogP contribution in [0.2, 0.25) is 0 Å². The van der Waals surface area contributed by atoms with Crippen molar-refractivity contribution in [2.24, 2.45) is 0 Å². The fourth-order valence-corrected chi connectivity index (χ4v) is 8.75. The molecule has 6 nitrogen and oxygen atoms in total. The summed E-state index contributed by atoms with van der Waals surface area (Å²) in [6.07, 6.45) is 60.4. The number of hydrogen-bond acceptors (Lipinski definition) is 5. The lowest BCUT2D eigenvalue weighted by atomic mass is 10.0. The molecule has 0 spiro atoms. The van der Waals surface area contributed by atoms with E-state index in [2.05, 4.69) is 31.3 Å². The Bertz CT molecular complexity index is 924. The highest BCUT2D eigenvalue weighted by molar-refractivity contribution is 5.76. The smallest absolute Gasteiger partial charge is 0.305 e. The first-order valence-corrected chi connectivity index (χ1v) is 27.9. The molecule has 368 valence electrons. The lowest BCUT2D eigenvalue weighted by Crippen LogP contribution is -2.45. The summed E-state index contributed by atoms with van der Waals surface area (Å²) in [5.74, 6) is -0.0765. The Kier molecular flexibility index (Phi) is 51.0. The Labute approximate surface area is 387 Å². The van der Waals surface area contributed by atoms with E-state index < -0.39 is 12.1 Å². The molecular weight excluding hydrogens is 767 g/mol. The van der Waals surface area contributed by atoms with E-state index in [-0.39, 0.29) is 18.5 Å². The van der Waals surface area contributed by atoms with Crippen LogP contribution in [0.4, 0.5) is 0 Å². The largest absolute Gasteiger partial charge is 0.466 e. The van der Waals surface area contributed by atoms with Crippen molar-refractivity contribution in [3.63, 3.8) is 0 Å². The number of allylic oxidation sites excluding steroid dienone is 2. The van der Waals surface area contributed by atoms with Crippen LogP contribution in [0.15, 0.2) is 12.2 Å². The van der Waals surface area contributed by atoms with Crippen molar-refractivity contribution >= 4 is 11.9 Å². The Morgan fingerprint density at radius 2 is 0.758 bits per heavy atom. The van der Waals surface area contributed by atoms with Crippen molar-refractivity contribution in [3.05, 3.63) is 12.2 Å². The van der Waals surface area contributed by atoms with Crippen LogP contribution in [0.5, 0.6) is 0 Å². The Balaban J connectivity index is 3.46. The second kappa shape index (κ2) is 52.2. The molecule has 3 N–H and O–H groups in total. The molecule has 6 heteroatoms. The van der Waals surface area contributed by atoms with Gasteiger partial charge in [0.25, 0.3) is 0 Å². The van der Waals surface area contributed by atoms with Crippen LogP contribution in [-0.2, 0) is 14.3 Å². The van der Waals surface area contributed by atoms with Crippen LogP contribution < -0.4 is 5.32 Å². The number of unbranched alkanes of at least 4 members (excludes halogenated alkanes) is 39. The van der Waals surface area contributed by atoms with Gasteiger partial charge in [-0.15, -0.1) is 0 Å². The molecule has 62 heavy (non-hydrogen) atoms. The first kappa shape index (κ1) is 60.6. The van der Waals surface area contributed by atoms with Gasteiger partial charge >= 0.3 is 5.97 Å². The van der Waals surface area contributed by atoms with Crippen molar-refractivity contribution in [3.8, 4) is 0 Å². The number of carbonyl (C=O) groups is 2. The van der Waals surface area contributed by atoms with Gasteiger partial charge in [-0.2, -0.15) is 0 Å². The Hall–Kier alpha value is -1.40. The number of aliphatic hydroxyl groups is 2. The molecule has 0 heterocycles. The van der Waals surface area contributed by atoms with Gasteiger partial charge in [-0.05, 0) is 51.4 Å². The normalized spacial score (nSPS) is 12.6. The molecule has 0 aliphatic heterocycles. The molecule has 0 aromatic rings. The number of rotatable bonds is 52. The van der Waals surface area contributed by atoms with Gasteiger partial charge in [-0.25, -0.2) is 0 Å². The minimum atomic E-state index is -0.679. The lowest BCUT2D eigenvalue weighted by molar-refractivity contribution is -0.143. The molecular formula is C56H109NO5. The van der Waals surface area contributed by atoms with Gasteiger partial charge in [0.2, 0.25) is 5.91 Å². The summed E-state index contributed by atoms with van der Waals surface area (Å²) in [6.45, 7) is 4.91. The summed E-state index contributed by atoms with van der Waals surface area (Å²) in [7, 11) is 0. The first-order valence-electron chi connectivity index (χ1n) is 27.9. The number of hydrogen-bond donors (Lipinski definition) is 3. The molecule has 0 radical (unpaired) electrons. The maximum absolute atomic E-state index is 12.5. The first-order chi connectivity index (χ1) is 30.5. The third-order valence-electron chi connectivity index (χ3n) is 13.1. The number of esters is 1. The van der Waals surface area contributed by atoms with Crippen LogP contribution in [0, 0.1) is 0 Å². The highest BCUT2D eigenvalue weighted by Gasteiger charge is 2.20. The zero-order chi connectivity index (χ0) is 45.1. The summed E-state index contributed by atoms with van der Waals surface area (Å²) in [5.41, 5.74) is 0. The molecule has 0 rings (SSSR count). The van der Waals surface area contributed by atoms with Crippen molar-refractivity contribution in [1.82, 2.24) is 5.32 Å². The molecule has 0 fully saturated rings. The van der Waals surface area contributed by atoms with Gasteiger partial charge in [0.1, 0.15) is 0 Å². The van der Waals surface area contributed by atoms with Crippen molar-refractivity contribution in [2.45, 2.75) is 321 Å². The maximum atomic E-state index is 12.5. The topological polar surface area (TPSA) is 95.9 Å². The van der Waals surface area contributed by atoms with E-state index in [1.807, 2.05) is 0 Å². The summed E-state index contributed by atoms with van der Waals surface area (Å²) >= 11 is 0. The number of aliphatic hydroxyl groups excluding tert-OH is 2. The zero-order valence-electron chi connectivity index (χ0n) is 41.9. The molecule has 2 atom stereocenters. The van der Waals surface area contributed by atoms with Crippen LogP contribution in [0.3, 0.4) is 0 Å². The Morgan fingerprint density at radius 3 is 1.15 bits per heavy atom. The van der Waals surface area contributed by atoms with E-state index in [1.165, 1.54) is 218 Å². The van der Waals surface area contributed by atoms with Gasteiger partial charge in [0.05, 0.1) is 25.4 Å². The quantitative estimate of drug-likeness (QED) is 0.0321. The van der Waals surface area contributed by atoms with Gasteiger partial charge in [0.15, 0.2) is 0 Å². The number of ether oxygens (including phenoxy) is 1. The molecule has 0 bridgehead atoms. The van der Waals surface area contributed by atoms with Gasteiger partial charge in [-0.3, -0.25) is 9.59 Å². The standard InChI is InChI=1S/C56H109NO5/c1-3-5-7-9-11-13-15-17-19-21-23-24-26-28-32-36-40-44-48-54(59)53(52-58)57-55(60)49-45-41-37-33-30-31-35-39-43-47-51-62-56(61)50-46-42-38-34-29-27-25-22-20-18-16-14-12-10-8-6-4-2/h18,20,53-54,58-59H,3-17,19,21-52H2,1-2H3,(H,57,60)/b20-18-. The maximum Gasteiger partial charge on any atom is 0.305 e. The second-order valence-corrected chi connectivity index (χ2v) is 19.3. The molecule has 2 unspecified atom stereocenters. The molecule has 0 saturated carbocycles. The second-order valence-electron chi connectivity index (χ2n) is 19.3. The van der Waals surface area contributed by atoms with Gasteiger partial charge in [-0.1, -0.05) is 257 Å². The third-order valence-corrected chi connectivity index (χ3v) is 13.1. The van der Waals surface area contributed by atoms with E-state index in [0.717, 1.165) is 57.8 Å². The lowest BCUT2D eigenvalue weighted by Gasteiger charge is -2.22. The molecule has 0 aliphatic carbocycles. The molecule has 0 aliphatic rings. The Morgan fingerprint density at radius 1 is 0.435 bits per heavy atom. The number of carbonyl (C=O) groups excluding carboxylic acids is 2. The number of amides is 1. The molecule has 0 aromatic carbocycles. The van der Waals surface area contributed by atoms with Crippen molar-refractivity contribution in [2.75, 3.05) is 13.2 Å². The van der Waals surface area contributed by atoms with Gasteiger partial charge in [0, 0.05) is 12.8 Å². The molecule has 0 saturated heterocycles. The third kappa shape index (κ3) is 48.1. The van der Waals surface area contributed by atoms with E-state index in [9.17, 15) is 19.8 Å². The summed E-state index contributed by atoms with van der Waals surface area (Å²) < 4.78 is 5.47. The van der Waals surface area contributed by atoms with Crippen molar-refractivity contribution < 1.29 is 24.5 Å². The average molecular weight is 876 g/mol. The molecule has 1 amide bonds. The highest BCUT2D eigenvalue weighted by Crippen LogP contribution is 2.17. The summed E-state index contributed by atoms with van der Waals surface area (Å²) in [6, 6.07) is -0.558. The minimum absolute atomic E-state index is 0.0212. The predicted molar refractivity (Wildman–Crippen MR) is 269 cm³/mol. The predicted octanol–water partition coefficient (Wildman–Crippen LogP) is 16.9. The SMILES string of the molecule is CCCCCCCC/C=C\CCCCCCCCCC(=O)OCCCCCCCCCCCCC(=O)NC(CO)C(O)CCCCCCCCCCCCCCCCCCCC. The monoisotopic (exact) mass is 876 g/mol. The molecule has 0 aromatic heterocycles. The van der Waals surface area contributed by atoms with E-state index >= 15 is 0 Å². The fourth-order valence-electron chi connectivity index (χ4n) is 8.75. The van der Waals surface area contributed by atoms with E-state index in [4.69, 9.17) is 4.74 Å². The van der Waals surface area contributed by atoms with E-state index in [1.54, 1.807) is 0 Å². The minimum Gasteiger partial charge on any atom is -0.466 e. The fraction of sp³-hybridized carbons (Fsp3) is 0.929. The number of nitrogens with one attached hydrogen (secondary N) is 1. The van der Waals surface area contributed by atoms with Crippen LogP contribution in [-0.4, -0.2) is 47.4 Å². The highest BCUT2D eigenvalue weighted by atomic mass is 16.5. The zero-order valence-corrected chi connectivity index (χ0v) is 41.9. The summed E-state index contributed by atoms with van der Waals surface area (Å²) in [5, 5.41) is 23.3. The van der Waals surface area contributed by atoms with Crippen molar-refractivity contribution in [1.29, 1.82) is 0 Å². The van der Waals surface area contributed by atoms with Crippen LogP contribution in [0.1, 0.15) is 309 Å². The summed E-state index contributed by atoms with van der Waals surface area (Å²) in [4.78, 5) is 24.5. The van der Waals surface area contributed by atoms with Gasteiger partial charge < -0.3 is 20.3 Å².